The summed E-state index contributed by atoms with van der Waals surface area (Å²) >= 11 is 5.77. The van der Waals surface area contributed by atoms with Gasteiger partial charge in [0, 0.05) is 22.0 Å². The molecule has 0 radical (unpaired) electrons. The molecule has 0 bridgehead atoms. The lowest BCUT2D eigenvalue weighted by Gasteiger charge is -2.09. The minimum Gasteiger partial charge on any atom is -0.478 e. The van der Waals surface area contributed by atoms with Crippen molar-refractivity contribution in [3.8, 4) is 17.1 Å². The van der Waals surface area contributed by atoms with Crippen LogP contribution in [0.2, 0.25) is 5.02 Å². The SMILES string of the molecule is O=C(O)c1c(-c2ccc(Cl)cc2)oc2cc([N+](=O)[O-])c(OS(=O)(=O)C(F)(F)F)cc12. The lowest BCUT2D eigenvalue weighted by molar-refractivity contribution is -0.385. The van der Waals surface area contributed by atoms with Crippen molar-refractivity contribution >= 4 is 44.3 Å². The fourth-order valence-electron chi connectivity index (χ4n) is 2.50. The predicted octanol–water partition coefficient (Wildman–Crippen LogP) is 4.59. The Morgan fingerprint density at radius 2 is 1.80 bits per heavy atom. The summed E-state index contributed by atoms with van der Waals surface area (Å²) < 4.78 is 69.7. The van der Waals surface area contributed by atoms with Gasteiger partial charge >= 0.3 is 27.3 Å². The maximum Gasteiger partial charge on any atom is 0.534 e. The van der Waals surface area contributed by atoms with Crippen LogP contribution in [0.3, 0.4) is 0 Å². The van der Waals surface area contributed by atoms with E-state index in [2.05, 4.69) is 4.18 Å². The Morgan fingerprint density at radius 1 is 1.20 bits per heavy atom. The standard InChI is InChI=1S/C16H7ClF3NO8S/c17-8-3-1-7(2-4-8)14-13(15(22)23)9-5-12(29-30(26,27)16(18,19)20)10(21(24)25)6-11(9)28-14/h1-6H,(H,22,23). The number of fused-ring (bicyclic) bond motifs is 1. The molecule has 3 rings (SSSR count). The van der Waals surface area contributed by atoms with Gasteiger partial charge in [0.05, 0.1) is 11.0 Å². The third-order valence-corrected chi connectivity index (χ3v) is 4.99. The van der Waals surface area contributed by atoms with Crippen LogP contribution >= 0.6 is 11.6 Å². The number of aromatic carboxylic acids is 1. The molecule has 0 fully saturated rings. The van der Waals surface area contributed by atoms with E-state index in [1.54, 1.807) is 0 Å². The van der Waals surface area contributed by atoms with Crippen molar-refractivity contribution in [3.05, 3.63) is 57.1 Å². The number of carboxylic acids is 1. The molecule has 0 spiro atoms. The Bertz CT molecular complexity index is 1280. The third-order valence-electron chi connectivity index (χ3n) is 3.77. The molecule has 1 heterocycles. The second-order valence-corrected chi connectivity index (χ2v) is 7.65. The zero-order chi connectivity index (χ0) is 22.4. The zero-order valence-electron chi connectivity index (χ0n) is 14.1. The molecule has 1 N–H and O–H groups in total. The molecule has 30 heavy (non-hydrogen) atoms. The van der Waals surface area contributed by atoms with E-state index in [0.29, 0.717) is 17.2 Å². The highest BCUT2D eigenvalue weighted by molar-refractivity contribution is 7.88. The number of carboxylic acid groups (broad SMARTS) is 1. The molecule has 9 nitrogen and oxygen atoms in total. The Hall–Kier alpha value is -3.32. The van der Waals surface area contributed by atoms with E-state index in [1.807, 2.05) is 0 Å². The summed E-state index contributed by atoms with van der Waals surface area (Å²) in [6.07, 6.45) is 0. The van der Waals surface area contributed by atoms with Crippen LogP contribution < -0.4 is 4.18 Å². The molecule has 0 amide bonds. The van der Waals surface area contributed by atoms with Gasteiger partial charge in [0.15, 0.2) is 0 Å². The second-order valence-electron chi connectivity index (χ2n) is 5.67. The van der Waals surface area contributed by atoms with Crippen LogP contribution in [0.1, 0.15) is 10.4 Å². The number of nitrogens with zero attached hydrogens (tertiary/aromatic N) is 1. The number of hydrogen-bond donors (Lipinski definition) is 1. The monoisotopic (exact) mass is 465 g/mol. The van der Waals surface area contributed by atoms with E-state index in [4.69, 9.17) is 16.0 Å². The first-order chi connectivity index (χ1) is 13.8. The summed E-state index contributed by atoms with van der Waals surface area (Å²) in [4.78, 5) is 21.8. The molecule has 14 heteroatoms. The van der Waals surface area contributed by atoms with E-state index in [-0.39, 0.29) is 16.9 Å². The van der Waals surface area contributed by atoms with Crippen LogP contribution in [-0.4, -0.2) is 29.9 Å². The van der Waals surface area contributed by atoms with Gasteiger partial charge in [-0.1, -0.05) is 11.6 Å². The first kappa shape index (κ1) is 21.4. The maximum absolute atomic E-state index is 12.6. The van der Waals surface area contributed by atoms with Gasteiger partial charge in [-0.2, -0.15) is 21.6 Å². The Kier molecular flexibility index (Phi) is 5.12. The third kappa shape index (κ3) is 3.76. The zero-order valence-corrected chi connectivity index (χ0v) is 15.7. The maximum atomic E-state index is 12.6. The molecule has 0 saturated heterocycles. The molecule has 2 aromatic carbocycles. The number of carbonyl (C=O) groups is 1. The van der Waals surface area contributed by atoms with Crippen LogP contribution in [0.5, 0.6) is 5.75 Å². The Morgan fingerprint density at radius 3 is 2.30 bits per heavy atom. The summed E-state index contributed by atoms with van der Waals surface area (Å²) in [5, 5.41) is 20.7. The van der Waals surface area contributed by atoms with Crippen molar-refractivity contribution < 1.29 is 45.0 Å². The number of benzene rings is 2. The molecular weight excluding hydrogens is 459 g/mol. The Labute approximate surface area is 169 Å². The van der Waals surface area contributed by atoms with Crippen molar-refractivity contribution in [3.63, 3.8) is 0 Å². The summed E-state index contributed by atoms with van der Waals surface area (Å²) in [7, 11) is -6.26. The second kappa shape index (κ2) is 7.18. The van der Waals surface area contributed by atoms with Crippen molar-refractivity contribution in [2.75, 3.05) is 0 Å². The van der Waals surface area contributed by atoms with Crippen molar-refractivity contribution in [1.29, 1.82) is 0 Å². The molecule has 0 aliphatic rings. The molecule has 158 valence electrons. The molecule has 0 unspecified atom stereocenters. The summed E-state index contributed by atoms with van der Waals surface area (Å²) in [6.45, 7) is 0. The van der Waals surface area contributed by atoms with Gasteiger partial charge in [0.25, 0.3) is 0 Å². The quantitative estimate of drug-likeness (QED) is 0.250. The number of nitro groups is 1. The van der Waals surface area contributed by atoms with Gasteiger partial charge < -0.3 is 13.7 Å². The van der Waals surface area contributed by atoms with Gasteiger partial charge in [0.1, 0.15) is 16.9 Å². The van der Waals surface area contributed by atoms with E-state index >= 15 is 0 Å². The van der Waals surface area contributed by atoms with Gasteiger partial charge in [-0.05, 0) is 24.3 Å². The smallest absolute Gasteiger partial charge is 0.478 e. The topological polar surface area (TPSA) is 137 Å². The lowest BCUT2D eigenvalue weighted by atomic mass is 10.1. The molecule has 0 aliphatic carbocycles. The first-order valence-corrected chi connectivity index (χ1v) is 9.35. The number of furan rings is 1. The van der Waals surface area contributed by atoms with Crippen LogP contribution in [0.25, 0.3) is 22.3 Å². The van der Waals surface area contributed by atoms with E-state index in [9.17, 15) is 41.6 Å². The fourth-order valence-corrected chi connectivity index (χ4v) is 3.09. The van der Waals surface area contributed by atoms with Crippen LogP contribution in [0, 0.1) is 10.1 Å². The average molecular weight is 466 g/mol. The minimum atomic E-state index is -6.26. The van der Waals surface area contributed by atoms with Gasteiger partial charge in [-0.15, -0.1) is 0 Å². The normalized spacial score (nSPS) is 12.1. The van der Waals surface area contributed by atoms with Crippen molar-refractivity contribution in [1.82, 2.24) is 0 Å². The van der Waals surface area contributed by atoms with E-state index < -0.39 is 48.9 Å². The number of rotatable bonds is 5. The summed E-state index contributed by atoms with van der Waals surface area (Å²) in [5.74, 6) is -3.19. The lowest BCUT2D eigenvalue weighted by Crippen LogP contribution is -2.28. The van der Waals surface area contributed by atoms with Crippen molar-refractivity contribution in [2.24, 2.45) is 0 Å². The highest BCUT2D eigenvalue weighted by atomic mass is 35.5. The molecular formula is C16H7ClF3NO8S. The van der Waals surface area contributed by atoms with Gasteiger partial charge in [-0.25, -0.2) is 4.79 Å². The van der Waals surface area contributed by atoms with Gasteiger partial charge in [0.2, 0.25) is 5.75 Å². The summed E-state index contributed by atoms with van der Waals surface area (Å²) in [6, 6.07) is 6.63. The highest BCUT2D eigenvalue weighted by Gasteiger charge is 2.49. The average Bonchev–Trinajstić information content (AvgIpc) is 2.98. The molecule has 1 aromatic heterocycles. The first-order valence-electron chi connectivity index (χ1n) is 7.56. The number of alkyl halides is 3. The predicted molar refractivity (Wildman–Crippen MR) is 95.9 cm³/mol. The molecule has 0 saturated carbocycles. The number of hydrogen-bond acceptors (Lipinski definition) is 7. The fraction of sp³-hybridized carbons (Fsp3) is 0.0625. The highest BCUT2D eigenvalue weighted by Crippen LogP contribution is 2.41. The van der Waals surface area contributed by atoms with Crippen LogP contribution in [0.4, 0.5) is 18.9 Å². The van der Waals surface area contributed by atoms with E-state index in [0.717, 1.165) is 0 Å². The summed E-state index contributed by atoms with van der Waals surface area (Å²) in [5.41, 5.74) is -7.81. The van der Waals surface area contributed by atoms with Crippen molar-refractivity contribution in [2.45, 2.75) is 5.51 Å². The number of nitro benzene ring substituents is 1. The van der Waals surface area contributed by atoms with Crippen LogP contribution in [-0.2, 0) is 10.1 Å². The molecule has 0 atom stereocenters. The Balaban J connectivity index is 2.30. The van der Waals surface area contributed by atoms with E-state index in [1.165, 1.54) is 24.3 Å². The molecule has 0 aliphatic heterocycles. The minimum absolute atomic E-state index is 0.195. The van der Waals surface area contributed by atoms with Crippen LogP contribution in [0.15, 0.2) is 40.8 Å². The molecule has 3 aromatic rings. The number of halogens is 4. The van der Waals surface area contributed by atoms with Gasteiger partial charge in [-0.3, -0.25) is 10.1 Å². The largest absolute Gasteiger partial charge is 0.534 e.